The van der Waals surface area contributed by atoms with E-state index in [1.54, 1.807) is 7.11 Å². The number of rotatable bonds is 6. The van der Waals surface area contributed by atoms with E-state index in [0.717, 1.165) is 63.1 Å². The Morgan fingerprint density at radius 2 is 1.89 bits per heavy atom. The van der Waals surface area contributed by atoms with E-state index < -0.39 is 0 Å². The summed E-state index contributed by atoms with van der Waals surface area (Å²) in [6.07, 6.45) is 2.70. The average molecular weight is 367 g/mol. The molecule has 6 heteroatoms. The zero-order chi connectivity index (χ0) is 18.9. The smallest absolute Gasteiger partial charge is 0.194 e. The van der Waals surface area contributed by atoms with Gasteiger partial charge in [-0.1, -0.05) is 6.07 Å². The fraction of sp³-hybridized carbons (Fsp3) is 0.429. The Kier molecular flexibility index (Phi) is 6.90. The number of nitrogens with zero attached hydrogens (tertiary/aromatic N) is 4. The highest BCUT2D eigenvalue weighted by atomic mass is 16.5. The Labute approximate surface area is 161 Å². The van der Waals surface area contributed by atoms with Crippen molar-refractivity contribution in [2.45, 2.75) is 13.3 Å². The molecule has 0 unspecified atom stereocenters. The van der Waals surface area contributed by atoms with Crippen molar-refractivity contribution in [2.75, 3.05) is 51.3 Å². The Balaban J connectivity index is 1.55. The van der Waals surface area contributed by atoms with E-state index in [1.165, 1.54) is 5.69 Å². The molecule has 2 heterocycles. The first-order valence-corrected chi connectivity index (χ1v) is 9.62. The standard InChI is InChI=1S/C21H29N5O/c1-3-22-21(24-13-11-18-6-4-5-12-23-18)26-16-14-25(15-17-26)19-7-9-20(27-2)10-8-19/h4-10,12H,3,11,13-17H2,1-2H3,(H,22,24). The van der Waals surface area contributed by atoms with Gasteiger partial charge in [-0.15, -0.1) is 0 Å². The molecule has 1 aliphatic heterocycles. The molecule has 1 saturated heterocycles. The van der Waals surface area contributed by atoms with Crippen LogP contribution in [0, 0.1) is 0 Å². The molecule has 3 rings (SSSR count). The summed E-state index contributed by atoms with van der Waals surface area (Å²) in [6, 6.07) is 14.3. The maximum absolute atomic E-state index is 5.25. The molecule has 1 aromatic carbocycles. The second kappa shape index (κ2) is 9.80. The van der Waals surface area contributed by atoms with Gasteiger partial charge in [0, 0.05) is 63.3 Å². The number of hydrogen-bond donors (Lipinski definition) is 1. The van der Waals surface area contributed by atoms with E-state index in [4.69, 9.17) is 9.73 Å². The average Bonchev–Trinajstić information content (AvgIpc) is 2.74. The topological polar surface area (TPSA) is 53.0 Å². The molecule has 1 aromatic heterocycles. The lowest BCUT2D eigenvalue weighted by Crippen LogP contribution is -2.52. The van der Waals surface area contributed by atoms with Crippen molar-refractivity contribution in [1.82, 2.24) is 15.2 Å². The lowest BCUT2D eigenvalue weighted by molar-refractivity contribution is 0.372. The van der Waals surface area contributed by atoms with Crippen LogP contribution in [0.3, 0.4) is 0 Å². The number of guanidine groups is 1. The highest BCUT2D eigenvalue weighted by molar-refractivity contribution is 5.80. The number of nitrogens with one attached hydrogen (secondary N) is 1. The van der Waals surface area contributed by atoms with Crippen molar-refractivity contribution in [2.24, 2.45) is 4.99 Å². The van der Waals surface area contributed by atoms with Gasteiger partial charge in [0.05, 0.1) is 7.11 Å². The number of pyridine rings is 1. The Bertz CT molecular complexity index is 709. The molecule has 0 bridgehead atoms. The van der Waals surface area contributed by atoms with Gasteiger partial charge in [0.1, 0.15) is 5.75 Å². The zero-order valence-corrected chi connectivity index (χ0v) is 16.3. The minimum Gasteiger partial charge on any atom is -0.497 e. The van der Waals surface area contributed by atoms with E-state index in [0.29, 0.717) is 0 Å². The molecule has 1 N–H and O–H groups in total. The van der Waals surface area contributed by atoms with Crippen molar-refractivity contribution >= 4 is 11.6 Å². The summed E-state index contributed by atoms with van der Waals surface area (Å²) >= 11 is 0. The number of aromatic nitrogens is 1. The molecule has 6 nitrogen and oxygen atoms in total. The van der Waals surface area contributed by atoms with Crippen molar-refractivity contribution in [3.05, 3.63) is 54.4 Å². The van der Waals surface area contributed by atoms with Gasteiger partial charge >= 0.3 is 0 Å². The van der Waals surface area contributed by atoms with Crippen LogP contribution in [0.15, 0.2) is 53.7 Å². The first-order valence-electron chi connectivity index (χ1n) is 9.62. The highest BCUT2D eigenvalue weighted by Gasteiger charge is 2.19. The fourth-order valence-corrected chi connectivity index (χ4v) is 3.22. The monoisotopic (exact) mass is 367 g/mol. The number of piperazine rings is 1. The summed E-state index contributed by atoms with van der Waals surface area (Å²) < 4.78 is 5.25. The number of benzene rings is 1. The quantitative estimate of drug-likeness (QED) is 0.628. The van der Waals surface area contributed by atoms with Gasteiger partial charge in [-0.2, -0.15) is 0 Å². The van der Waals surface area contributed by atoms with E-state index in [-0.39, 0.29) is 0 Å². The maximum Gasteiger partial charge on any atom is 0.194 e. The van der Waals surface area contributed by atoms with Crippen LogP contribution in [0.1, 0.15) is 12.6 Å². The molecule has 2 aromatic rings. The van der Waals surface area contributed by atoms with Crippen LogP contribution in [0.4, 0.5) is 5.69 Å². The Morgan fingerprint density at radius 1 is 1.11 bits per heavy atom. The van der Waals surface area contributed by atoms with Crippen LogP contribution in [0.2, 0.25) is 0 Å². The number of anilines is 1. The predicted molar refractivity (Wildman–Crippen MR) is 111 cm³/mol. The van der Waals surface area contributed by atoms with E-state index in [1.807, 2.05) is 30.5 Å². The van der Waals surface area contributed by atoms with E-state index >= 15 is 0 Å². The minimum absolute atomic E-state index is 0.748. The molecule has 0 aliphatic carbocycles. The first kappa shape index (κ1) is 19.0. The second-order valence-electron chi connectivity index (χ2n) is 6.48. The van der Waals surface area contributed by atoms with Crippen molar-refractivity contribution in [3.8, 4) is 5.75 Å². The largest absolute Gasteiger partial charge is 0.497 e. The maximum atomic E-state index is 5.25. The molecule has 27 heavy (non-hydrogen) atoms. The van der Waals surface area contributed by atoms with Crippen LogP contribution >= 0.6 is 0 Å². The lowest BCUT2D eigenvalue weighted by atomic mass is 10.2. The summed E-state index contributed by atoms with van der Waals surface area (Å²) in [7, 11) is 1.70. The van der Waals surface area contributed by atoms with Crippen molar-refractivity contribution in [3.63, 3.8) is 0 Å². The van der Waals surface area contributed by atoms with Crippen LogP contribution in [-0.4, -0.2) is 62.2 Å². The van der Waals surface area contributed by atoms with E-state index in [9.17, 15) is 0 Å². The minimum atomic E-state index is 0.748. The molecule has 0 amide bonds. The first-order chi connectivity index (χ1) is 13.3. The molecule has 0 saturated carbocycles. The van der Waals surface area contributed by atoms with Crippen LogP contribution < -0.4 is 15.0 Å². The summed E-state index contributed by atoms with van der Waals surface area (Å²) in [5.41, 5.74) is 2.33. The molecule has 144 valence electrons. The Morgan fingerprint density at radius 3 is 2.52 bits per heavy atom. The molecule has 0 atom stereocenters. The third-order valence-corrected chi connectivity index (χ3v) is 4.71. The molecule has 0 radical (unpaired) electrons. The van der Waals surface area contributed by atoms with Crippen LogP contribution in [0.25, 0.3) is 0 Å². The van der Waals surface area contributed by atoms with Gasteiger partial charge in [-0.3, -0.25) is 9.98 Å². The molecule has 1 aliphatic rings. The number of hydrogen-bond acceptors (Lipinski definition) is 4. The molecular formula is C21H29N5O. The van der Waals surface area contributed by atoms with E-state index in [2.05, 4.69) is 45.2 Å². The van der Waals surface area contributed by atoms with Crippen molar-refractivity contribution in [1.29, 1.82) is 0 Å². The molecule has 0 spiro atoms. The van der Waals surface area contributed by atoms with Gasteiger partial charge in [0.2, 0.25) is 0 Å². The number of methoxy groups -OCH3 is 1. The SMILES string of the molecule is CCNC(=NCCc1ccccn1)N1CCN(c2ccc(OC)cc2)CC1. The second-order valence-corrected chi connectivity index (χ2v) is 6.48. The normalized spacial score (nSPS) is 15.0. The van der Waals surface area contributed by atoms with Gasteiger partial charge in [0.15, 0.2) is 5.96 Å². The lowest BCUT2D eigenvalue weighted by Gasteiger charge is -2.37. The van der Waals surface area contributed by atoms with Crippen LogP contribution in [-0.2, 0) is 6.42 Å². The molecular weight excluding hydrogens is 338 g/mol. The summed E-state index contributed by atoms with van der Waals surface area (Å²) in [5.74, 6) is 1.90. The molecule has 1 fully saturated rings. The van der Waals surface area contributed by atoms with Gasteiger partial charge in [-0.25, -0.2) is 0 Å². The summed E-state index contributed by atoms with van der Waals surface area (Å²) in [6.45, 7) is 7.62. The highest BCUT2D eigenvalue weighted by Crippen LogP contribution is 2.20. The van der Waals surface area contributed by atoms with Gasteiger partial charge < -0.3 is 19.9 Å². The number of ether oxygens (including phenoxy) is 1. The summed E-state index contributed by atoms with van der Waals surface area (Å²) in [5, 5.41) is 3.43. The third-order valence-electron chi connectivity index (χ3n) is 4.71. The van der Waals surface area contributed by atoms with Crippen LogP contribution in [0.5, 0.6) is 5.75 Å². The Hall–Kier alpha value is -2.76. The predicted octanol–water partition coefficient (Wildman–Crippen LogP) is 2.42. The van der Waals surface area contributed by atoms with Gasteiger partial charge in [-0.05, 0) is 43.3 Å². The van der Waals surface area contributed by atoms with Crippen molar-refractivity contribution < 1.29 is 4.74 Å². The fourth-order valence-electron chi connectivity index (χ4n) is 3.22. The number of aliphatic imine (C=N–C) groups is 1. The van der Waals surface area contributed by atoms with Gasteiger partial charge in [0.25, 0.3) is 0 Å². The third kappa shape index (κ3) is 5.36. The summed E-state index contributed by atoms with van der Waals surface area (Å²) in [4.78, 5) is 13.9. The zero-order valence-electron chi connectivity index (χ0n) is 16.3.